The molecular weight excluding hydrogens is 424 g/mol. The zero-order chi connectivity index (χ0) is 22.6. The third-order valence-corrected chi connectivity index (χ3v) is 6.42. The average Bonchev–Trinajstić information content (AvgIpc) is 3.16. The standard InChI is InChI=1S/C23H20F4N4O/c1-13-17(5-3-6-18(13)23(25,26)27)22(32)31-16-4-2-7-19(31)21-29-28-20(30(21)12-16)14-8-10-15(24)11-9-14/h3,5-6,8-11,16,19H,2,4,7,12H2,1H3/t16-,19?/m1/s1. The highest BCUT2D eigenvalue weighted by molar-refractivity contribution is 5.96. The summed E-state index contributed by atoms with van der Waals surface area (Å²) in [6.45, 7) is 1.78. The van der Waals surface area contributed by atoms with Crippen molar-refractivity contribution >= 4 is 5.91 Å². The highest BCUT2D eigenvalue weighted by Crippen LogP contribution is 2.42. The van der Waals surface area contributed by atoms with Crippen molar-refractivity contribution < 1.29 is 22.4 Å². The van der Waals surface area contributed by atoms with Crippen LogP contribution in [0.1, 0.15) is 52.6 Å². The molecule has 2 aliphatic heterocycles. The molecule has 0 spiro atoms. The molecule has 1 unspecified atom stereocenters. The van der Waals surface area contributed by atoms with Gasteiger partial charge in [0.15, 0.2) is 11.6 Å². The zero-order valence-electron chi connectivity index (χ0n) is 17.2. The zero-order valence-corrected chi connectivity index (χ0v) is 17.2. The SMILES string of the molecule is Cc1c(C(=O)N2C3CCC[C@@H]2Cn2c(-c4ccc(F)cc4)nnc23)cccc1C(F)(F)F. The van der Waals surface area contributed by atoms with Crippen LogP contribution in [0, 0.1) is 12.7 Å². The minimum absolute atomic E-state index is 0.0587. The van der Waals surface area contributed by atoms with E-state index < -0.39 is 17.6 Å². The van der Waals surface area contributed by atoms with E-state index in [1.165, 1.54) is 31.2 Å². The van der Waals surface area contributed by atoms with Gasteiger partial charge in [0.05, 0.1) is 17.6 Å². The van der Waals surface area contributed by atoms with E-state index in [4.69, 9.17) is 0 Å². The number of rotatable bonds is 2. The van der Waals surface area contributed by atoms with E-state index in [1.54, 1.807) is 17.0 Å². The molecular formula is C23H20F4N4O. The number of benzene rings is 2. The Kier molecular flexibility index (Phi) is 4.79. The Morgan fingerprint density at radius 2 is 1.81 bits per heavy atom. The number of aromatic nitrogens is 3. The van der Waals surface area contributed by atoms with E-state index in [9.17, 15) is 22.4 Å². The second-order valence-electron chi connectivity index (χ2n) is 8.29. The van der Waals surface area contributed by atoms with E-state index >= 15 is 0 Å². The molecule has 2 atom stereocenters. The lowest BCUT2D eigenvalue weighted by Crippen LogP contribution is -2.52. The van der Waals surface area contributed by atoms with Crippen LogP contribution in [-0.4, -0.2) is 31.6 Å². The van der Waals surface area contributed by atoms with Crippen LogP contribution in [-0.2, 0) is 12.7 Å². The van der Waals surface area contributed by atoms with Crippen molar-refractivity contribution in [1.82, 2.24) is 19.7 Å². The third kappa shape index (κ3) is 3.27. The summed E-state index contributed by atoms with van der Waals surface area (Å²) in [7, 11) is 0. The molecule has 9 heteroatoms. The lowest BCUT2D eigenvalue weighted by molar-refractivity contribution is -0.138. The van der Waals surface area contributed by atoms with E-state index in [0.717, 1.165) is 24.5 Å². The van der Waals surface area contributed by atoms with Crippen LogP contribution in [0.15, 0.2) is 42.5 Å². The molecule has 2 aliphatic rings. The molecule has 0 N–H and O–H groups in total. The number of hydrogen-bond donors (Lipinski definition) is 0. The van der Waals surface area contributed by atoms with Gasteiger partial charge in [-0.25, -0.2) is 4.39 Å². The van der Waals surface area contributed by atoms with Crippen LogP contribution < -0.4 is 0 Å². The lowest BCUT2D eigenvalue weighted by atomic mass is 9.90. The van der Waals surface area contributed by atoms with Gasteiger partial charge in [0, 0.05) is 17.7 Å². The number of hydrogen-bond acceptors (Lipinski definition) is 3. The van der Waals surface area contributed by atoms with Crippen LogP contribution in [0.2, 0.25) is 0 Å². The van der Waals surface area contributed by atoms with Gasteiger partial charge >= 0.3 is 6.18 Å². The fourth-order valence-corrected chi connectivity index (χ4v) is 4.90. The predicted molar refractivity (Wildman–Crippen MR) is 108 cm³/mol. The fourth-order valence-electron chi connectivity index (χ4n) is 4.90. The molecule has 1 amide bonds. The van der Waals surface area contributed by atoms with Gasteiger partial charge in [-0.1, -0.05) is 6.07 Å². The molecule has 1 aromatic heterocycles. The number of nitrogens with zero attached hydrogens (tertiary/aromatic N) is 4. The molecule has 5 nitrogen and oxygen atoms in total. The average molecular weight is 444 g/mol. The van der Waals surface area contributed by atoms with E-state index in [1.807, 2.05) is 4.57 Å². The third-order valence-electron chi connectivity index (χ3n) is 6.42. The highest BCUT2D eigenvalue weighted by Gasteiger charge is 2.44. The molecule has 0 aliphatic carbocycles. The highest BCUT2D eigenvalue weighted by atomic mass is 19.4. The Morgan fingerprint density at radius 3 is 2.53 bits per heavy atom. The molecule has 32 heavy (non-hydrogen) atoms. The number of carbonyl (C=O) groups is 1. The Hall–Kier alpha value is -3.23. The molecule has 2 aromatic carbocycles. The fraction of sp³-hybridized carbons (Fsp3) is 0.348. The first-order valence-electron chi connectivity index (χ1n) is 10.4. The van der Waals surface area contributed by atoms with Crippen LogP contribution in [0.25, 0.3) is 11.4 Å². The summed E-state index contributed by atoms with van der Waals surface area (Å²) in [6, 6.07) is 9.14. The number of carbonyl (C=O) groups excluding carboxylic acids is 1. The summed E-state index contributed by atoms with van der Waals surface area (Å²) in [5.41, 5.74) is -0.0884. The molecule has 3 aromatic rings. The first kappa shape index (κ1) is 20.7. The van der Waals surface area contributed by atoms with Crippen molar-refractivity contribution in [3.63, 3.8) is 0 Å². The van der Waals surface area contributed by atoms with Crippen molar-refractivity contribution in [3.8, 4) is 11.4 Å². The normalized spacial score (nSPS) is 20.2. The van der Waals surface area contributed by atoms with Crippen molar-refractivity contribution in [2.24, 2.45) is 0 Å². The number of piperidine rings is 1. The van der Waals surface area contributed by atoms with Gasteiger partial charge in [0.1, 0.15) is 5.82 Å². The number of amides is 1. The largest absolute Gasteiger partial charge is 0.416 e. The number of alkyl halides is 3. The summed E-state index contributed by atoms with van der Waals surface area (Å²) < 4.78 is 55.4. The Balaban J connectivity index is 1.54. The Labute approximate surface area is 181 Å². The van der Waals surface area contributed by atoms with Gasteiger partial charge in [-0.2, -0.15) is 13.2 Å². The van der Waals surface area contributed by atoms with Gasteiger partial charge in [0.25, 0.3) is 5.91 Å². The molecule has 1 fully saturated rings. The number of fused-ring (bicyclic) bond motifs is 4. The maximum atomic E-state index is 13.5. The summed E-state index contributed by atoms with van der Waals surface area (Å²) in [4.78, 5) is 15.2. The monoisotopic (exact) mass is 444 g/mol. The van der Waals surface area contributed by atoms with Crippen LogP contribution in [0.4, 0.5) is 17.6 Å². The second kappa shape index (κ2) is 7.43. The Bertz CT molecular complexity index is 1190. The predicted octanol–water partition coefficient (Wildman–Crippen LogP) is 5.16. The van der Waals surface area contributed by atoms with Crippen molar-refractivity contribution in [2.75, 3.05) is 0 Å². The molecule has 2 bridgehead atoms. The molecule has 1 saturated heterocycles. The van der Waals surface area contributed by atoms with Crippen molar-refractivity contribution in [2.45, 2.75) is 51.0 Å². The van der Waals surface area contributed by atoms with E-state index in [-0.39, 0.29) is 29.0 Å². The van der Waals surface area contributed by atoms with E-state index in [2.05, 4.69) is 10.2 Å². The van der Waals surface area contributed by atoms with Gasteiger partial charge in [-0.3, -0.25) is 4.79 Å². The second-order valence-corrected chi connectivity index (χ2v) is 8.29. The van der Waals surface area contributed by atoms with Crippen LogP contribution in [0.3, 0.4) is 0 Å². The molecule has 5 rings (SSSR count). The van der Waals surface area contributed by atoms with Gasteiger partial charge in [-0.15, -0.1) is 10.2 Å². The minimum atomic E-state index is -4.53. The molecule has 166 valence electrons. The van der Waals surface area contributed by atoms with Gasteiger partial charge in [-0.05, 0) is 68.1 Å². The smallest absolute Gasteiger partial charge is 0.324 e. The maximum Gasteiger partial charge on any atom is 0.416 e. The van der Waals surface area contributed by atoms with E-state index in [0.29, 0.717) is 24.6 Å². The topological polar surface area (TPSA) is 51.0 Å². The summed E-state index contributed by atoms with van der Waals surface area (Å²) in [5, 5.41) is 8.62. The maximum absolute atomic E-state index is 13.5. The first-order chi connectivity index (χ1) is 15.3. The molecule has 0 radical (unpaired) electrons. The molecule has 0 saturated carbocycles. The quantitative estimate of drug-likeness (QED) is 0.513. The lowest BCUT2D eigenvalue weighted by Gasteiger charge is -2.46. The first-order valence-corrected chi connectivity index (χ1v) is 10.4. The Morgan fingerprint density at radius 1 is 1.06 bits per heavy atom. The summed E-state index contributed by atoms with van der Waals surface area (Å²) in [5.74, 6) is 0.440. The number of halogens is 4. The van der Waals surface area contributed by atoms with Crippen LogP contribution >= 0.6 is 0 Å². The van der Waals surface area contributed by atoms with Gasteiger partial charge in [0.2, 0.25) is 0 Å². The minimum Gasteiger partial charge on any atom is -0.324 e. The van der Waals surface area contributed by atoms with Crippen molar-refractivity contribution in [3.05, 3.63) is 70.8 Å². The van der Waals surface area contributed by atoms with Crippen LogP contribution in [0.5, 0.6) is 0 Å². The summed E-state index contributed by atoms with van der Waals surface area (Å²) >= 11 is 0. The van der Waals surface area contributed by atoms with Gasteiger partial charge < -0.3 is 9.47 Å². The molecule has 3 heterocycles. The summed E-state index contributed by atoms with van der Waals surface area (Å²) in [6.07, 6.45) is -2.25. The van der Waals surface area contributed by atoms with Crippen molar-refractivity contribution in [1.29, 1.82) is 0 Å².